The average Bonchev–Trinajstić information content (AvgIpc) is 2.90. The fraction of sp³-hybridized carbons (Fsp3) is 0.667. The Bertz CT molecular complexity index is 545. The zero-order valence-corrected chi connectivity index (χ0v) is 13.8. The van der Waals surface area contributed by atoms with Gasteiger partial charge in [-0.05, 0) is 43.9 Å². The van der Waals surface area contributed by atoms with E-state index in [2.05, 4.69) is 34.7 Å². The van der Waals surface area contributed by atoms with Crippen LogP contribution in [-0.4, -0.2) is 42.6 Å². The fourth-order valence-electron chi connectivity index (χ4n) is 4.09. The second-order valence-corrected chi connectivity index (χ2v) is 7.42. The van der Waals surface area contributed by atoms with Gasteiger partial charge >= 0.3 is 0 Å². The number of nitriles is 1. The van der Waals surface area contributed by atoms with Gasteiger partial charge in [0.2, 0.25) is 0 Å². The van der Waals surface area contributed by atoms with Gasteiger partial charge in [0.05, 0.1) is 5.56 Å². The largest absolute Gasteiger partial charge is 0.356 e. The van der Waals surface area contributed by atoms with Crippen LogP contribution in [-0.2, 0) is 0 Å². The van der Waals surface area contributed by atoms with Crippen LogP contribution < -0.4 is 4.90 Å². The Morgan fingerprint density at radius 2 is 2.14 bits per heavy atom. The Morgan fingerprint density at radius 3 is 2.82 bits per heavy atom. The minimum atomic E-state index is 0.447. The van der Waals surface area contributed by atoms with Gasteiger partial charge in [0, 0.05) is 37.8 Å². The van der Waals surface area contributed by atoms with Gasteiger partial charge in [0.25, 0.3) is 0 Å². The molecule has 0 unspecified atom stereocenters. The lowest BCUT2D eigenvalue weighted by atomic mass is 9.79. The number of aromatic nitrogens is 1. The Morgan fingerprint density at radius 1 is 1.27 bits per heavy atom. The van der Waals surface area contributed by atoms with Crippen molar-refractivity contribution in [2.75, 3.05) is 37.6 Å². The summed E-state index contributed by atoms with van der Waals surface area (Å²) in [4.78, 5) is 9.53. The van der Waals surface area contributed by atoms with Crippen molar-refractivity contribution in [3.63, 3.8) is 0 Å². The number of anilines is 1. The van der Waals surface area contributed by atoms with Crippen LogP contribution in [0.25, 0.3) is 0 Å². The Labute approximate surface area is 133 Å². The first-order chi connectivity index (χ1) is 10.6. The summed E-state index contributed by atoms with van der Waals surface area (Å²) in [5.74, 6) is 1.77. The summed E-state index contributed by atoms with van der Waals surface area (Å²) in [7, 11) is 0. The molecular weight excluding hydrogens is 272 g/mol. The van der Waals surface area contributed by atoms with E-state index in [4.69, 9.17) is 5.26 Å². The molecule has 22 heavy (non-hydrogen) atoms. The van der Waals surface area contributed by atoms with Crippen LogP contribution >= 0.6 is 0 Å². The molecule has 4 nitrogen and oxygen atoms in total. The highest BCUT2D eigenvalue weighted by molar-refractivity contribution is 5.43. The van der Waals surface area contributed by atoms with Crippen LogP contribution in [0, 0.1) is 22.7 Å². The first kappa shape index (κ1) is 15.3. The SMILES string of the molecule is CC(C)CN1CCC[C@]2(CCN(c3ccc(C#N)cn3)C2)C1. The van der Waals surface area contributed by atoms with Gasteiger partial charge in [-0.3, -0.25) is 0 Å². The number of pyridine rings is 1. The van der Waals surface area contributed by atoms with Gasteiger partial charge in [-0.15, -0.1) is 0 Å². The molecule has 118 valence electrons. The van der Waals surface area contributed by atoms with E-state index >= 15 is 0 Å². The van der Waals surface area contributed by atoms with Crippen molar-refractivity contribution in [2.24, 2.45) is 11.3 Å². The second kappa shape index (κ2) is 6.26. The van der Waals surface area contributed by atoms with Gasteiger partial charge in [-0.1, -0.05) is 13.8 Å². The standard InChI is InChI=1S/C18H26N4/c1-15(2)12-21-8-3-6-18(13-21)7-9-22(14-18)17-5-4-16(10-19)11-20-17/h4-5,11,15H,3,6-9,12-14H2,1-2H3/t18-/m0/s1. The van der Waals surface area contributed by atoms with Crippen molar-refractivity contribution < 1.29 is 0 Å². The van der Waals surface area contributed by atoms with E-state index in [1.165, 1.54) is 38.9 Å². The molecule has 3 heterocycles. The van der Waals surface area contributed by atoms with Crippen molar-refractivity contribution >= 4 is 5.82 Å². The summed E-state index contributed by atoms with van der Waals surface area (Å²) in [6.07, 6.45) is 5.62. The van der Waals surface area contributed by atoms with Gasteiger partial charge in [0.1, 0.15) is 11.9 Å². The highest BCUT2D eigenvalue weighted by Crippen LogP contribution is 2.40. The number of rotatable bonds is 3. The second-order valence-electron chi connectivity index (χ2n) is 7.42. The molecule has 4 heteroatoms. The van der Waals surface area contributed by atoms with Crippen LogP contribution in [0.1, 0.15) is 38.7 Å². The van der Waals surface area contributed by atoms with Gasteiger partial charge in [-0.25, -0.2) is 4.98 Å². The molecule has 0 radical (unpaired) electrons. The molecule has 0 N–H and O–H groups in total. The van der Waals surface area contributed by atoms with E-state index in [-0.39, 0.29) is 0 Å². The van der Waals surface area contributed by atoms with Crippen LogP contribution in [0.2, 0.25) is 0 Å². The molecule has 2 aliphatic rings. The van der Waals surface area contributed by atoms with Crippen molar-refractivity contribution in [1.29, 1.82) is 5.26 Å². The van der Waals surface area contributed by atoms with Gasteiger partial charge < -0.3 is 9.80 Å². The Kier molecular flexibility index (Phi) is 4.35. The number of hydrogen-bond donors (Lipinski definition) is 0. The van der Waals surface area contributed by atoms with E-state index in [0.717, 1.165) is 24.8 Å². The molecule has 0 aromatic carbocycles. The lowest BCUT2D eigenvalue weighted by Gasteiger charge is -2.41. The first-order valence-electron chi connectivity index (χ1n) is 8.44. The maximum atomic E-state index is 8.88. The topological polar surface area (TPSA) is 43.2 Å². The zero-order chi connectivity index (χ0) is 15.6. The lowest BCUT2D eigenvalue weighted by Crippen LogP contribution is -2.46. The summed E-state index contributed by atoms with van der Waals surface area (Å²) < 4.78 is 0. The van der Waals surface area contributed by atoms with Crippen molar-refractivity contribution in [3.8, 4) is 6.07 Å². The van der Waals surface area contributed by atoms with Crippen LogP contribution in [0.5, 0.6) is 0 Å². The van der Waals surface area contributed by atoms with E-state index in [1.807, 2.05) is 12.1 Å². The van der Waals surface area contributed by atoms with Gasteiger partial charge in [-0.2, -0.15) is 5.26 Å². The number of hydrogen-bond acceptors (Lipinski definition) is 4. The average molecular weight is 298 g/mol. The molecule has 1 aromatic rings. The van der Waals surface area contributed by atoms with Crippen molar-refractivity contribution in [1.82, 2.24) is 9.88 Å². The smallest absolute Gasteiger partial charge is 0.128 e. The zero-order valence-electron chi connectivity index (χ0n) is 13.8. The van der Waals surface area contributed by atoms with E-state index < -0.39 is 0 Å². The number of piperidine rings is 1. The van der Waals surface area contributed by atoms with E-state index in [0.29, 0.717) is 11.0 Å². The molecule has 2 fully saturated rings. The van der Waals surface area contributed by atoms with Crippen molar-refractivity contribution in [3.05, 3.63) is 23.9 Å². The minimum absolute atomic E-state index is 0.447. The first-order valence-corrected chi connectivity index (χ1v) is 8.44. The Hall–Kier alpha value is -1.60. The maximum Gasteiger partial charge on any atom is 0.128 e. The summed E-state index contributed by atoms with van der Waals surface area (Å²) in [6, 6.07) is 6.00. The predicted octanol–water partition coefficient (Wildman–Crippen LogP) is 2.90. The maximum absolute atomic E-state index is 8.88. The van der Waals surface area contributed by atoms with Crippen LogP contribution in [0.15, 0.2) is 18.3 Å². The number of nitrogens with zero attached hydrogens (tertiary/aromatic N) is 4. The van der Waals surface area contributed by atoms with E-state index in [1.54, 1.807) is 6.20 Å². The molecule has 2 aliphatic heterocycles. The summed E-state index contributed by atoms with van der Waals surface area (Å²) in [5, 5.41) is 8.88. The number of likely N-dealkylation sites (tertiary alicyclic amines) is 1. The summed E-state index contributed by atoms with van der Waals surface area (Å²) >= 11 is 0. The third kappa shape index (κ3) is 3.25. The molecule has 1 spiro atoms. The monoisotopic (exact) mass is 298 g/mol. The Balaban J connectivity index is 1.66. The quantitative estimate of drug-likeness (QED) is 0.860. The third-order valence-electron chi connectivity index (χ3n) is 5.00. The fourth-order valence-corrected chi connectivity index (χ4v) is 4.09. The third-order valence-corrected chi connectivity index (χ3v) is 5.00. The summed E-state index contributed by atoms with van der Waals surface area (Å²) in [6.45, 7) is 10.5. The summed E-state index contributed by atoms with van der Waals surface area (Å²) in [5.41, 5.74) is 1.08. The van der Waals surface area contributed by atoms with E-state index in [9.17, 15) is 0 Å². The lowest BCUT2D eigenvalue weighted by molar-refractivity contribution is 0.0951. The molecule has 0 bridgehead atoms. The highest BCUT2D eigenvalue weighted by Gasteiger charge is 2.41. The van der Waals surface area contributed by atoms with Crippen LogP contribution in [0.4, 0.5) is 5.82 Å². The minimum Gasteiger partial charge on any atom is -0.356 e. The molecule has 0 saturated carbocycles. The molecular formula is C18H26N4. The molecule has 0 amide bonds. The molecule has 1 aromatic heterocycles. The predicted molar refractivity (Wildman–Crippen MR) is 88.7 cm³/mol. The molecule has 3 rings (SSSR count). The highest BCUT2D eigenvalue weighted by atomic mass is 15.2. The normalized spacial score (nSPS) is 25.8. The van der Waals surface area contributed by atoms with Crippen LogP contribution in [0.3, 0.4) is 0 Å². The van der Waals surface area contributed by atoms with Crippen molar-refractivity contribution in [2.45, 2.75) is 33.1 Å². The molecule has 1 atom stereocenters. The van der Waals surface area contributed by atoms with Gasteiger partial charge in [0.15, 0.2) is 0 Å². The molecule has 0 aliphatic carbocycles. The molecule has 2 saturated heterocycles.